The third kappa shape index (κ3) is 3.72. The molecule has 0 bridgehead atoms. The van der Waals surface area contributed by atoms with Gasteiger partial charge in [0.15, 0.2) is 0 Å². The van der Waals surface area contributed by atoms with Crippen molar-refractivity contribution in [3.05, 3.63) is 63.7 Å². The molecule has 0 atom stereocenters. The molecule has 2 aromatic rings. The fourth-order valence-electron chi connectivity index (χ4n) is 2.18. The molecule has 2 rings (SSSR count). The number of nitro benzene ring substituents is 1. The van der Waals surface area contributed by atoms with E-state index in [0.717, 1.165) is 23.4 Å². The Balaban J connectivity index is 2.00. The number of hydrogen-bond acceptors (Lipinski definition) is 4. The Hall–Kier alpha value is -2.56. The van der Waals surface area contributed by atoms with E-state index in [-0.39, 0.29) is 10.6 Å². The van der Waals surface area contributed by atoms with Gasteiger partial charge in [0, 0.05) is 23.9 Å². The van der Waals surface area contributed by atoms with Gasteiger partial charge in [0.2, 0.25) is 0 Å². The molecule has 0 radical (unpaired) electrons. The zero-order chi connectivity index (χ0) is 15.2. The summed E-state index contributed by atoms with van der Waals surface area (Å²) in [5, 5.41) is 14.2. The summed E-state index contributed by atoms with van der Waals surface area (Å²) in [6.45, 7) is 2.46. The summed E-state index contributed by atoms with van der Waals surface area (Å²) in [6, 6.07) is 12.9. The van der Waals surface area contributed by atoms with Crippen LogP contribution in [0.2, 0.25) is 0 Å². The zero-order valence-corrected chi connectivity index (χ0v) is 12.1. The first-order valence-corrected chi connectivity index (χ1v) is 6.72. The second-order valence-corrected chi connectivity index (χ2v) is 4.74. The molecule has 0 fully saturated rings. The van der Waals surface area contributed by atoms with E-state index in [2.05, 4.69) is 5.32 Å². The molecule has 5 nitrogen and oxygen atoms in total. The minimum atomic E-state index is -0.359. The van der Waals surface area contributed by atoms with E-state index in [4.69, 9.17) is 4.74 Å². The minimum absolute atomic E-state index is 0.140. The van der Waals surface area contributed by atoms with E-state index in [9.17, 15) is 10.1 Å². The Labute approximate surface area is 123 Å². The molecule has 0 aromatic heterocycles. The largest absolute Gasteiger partial charge is 0.497 e. The normalized spacial score (nSPS) is 10.2. The van der Waals surface area contributed by atoms with Crippen molar-refractivity contribution in [3.63, 3.8) is 0 Å². The molecule has 21 heavy (non-hydrogen) atoms. The second kappa shape index (κ2) is 6.74. The fraction of sp³-hybridized carbons (Fsp3) is 0.250. The average Bonchev–Trinajstić information content (AvgIpc) is 2.49. The van der Waals surface area contributed by atoms with Crippen LogP contribution in [-0.2, 0) is 6.42 Å². The van der Waals surface area contributed by atoms with Crippen LogP contribution in [0.25, 0.3) is 0 Å². The lowest BCUT2D eigenvalue weighted by molar-refractivity contribution is -0.385. The Kier molecular flexibility index (Phi) is 4.77. The fourth-order valence-corrected chi connectivity index (χ4v) is 2.18. The molecule has 0 saturated heterocycles. The number of hydrogen-bond donors (Lipinski definition) is 1. The molecule has 0 saturated carbocycles. The topological polar surface area (TPSA) is 64.4 Å². The summed E-state index contributed by atoms with van der Waals surface area (Å²) in [4.78, 5) is 10.5. The molecular formula is C16H18N2O3. The van der Waals surface area contributed by atoms with Gasteiger partial charge in [-0.2, -0.15) is 0 Å². The number of nitrogens with zero attached hydrogens (tertiary/aromatic N) is 1. The molecule has 0 aliphatic heterocycles. The van der Waals surface area contributed by atoms with Crippen molar-refractivity contribution in [2.24, 2.45) is 0 Å². The first-order chi connectivity index (χ1) is 10.1. The highest BCUT2D eigenvalue weighted by Gasteiger charge is 2.12. The molecule has 0 aliphatic rings. The number of nitrogens with one attached hydrogen (secondary N) is 1. The van der Waals surface area contributed by atoms with Crippen molar-refractivity contribution in [1.82, 2.24) is 0 Å². The van der Waals surface area contributed by atoms with Crippen LogP contribution in [-0.4, -0.2) is 18.6 Å². The minimum Gasteiger partial charge on any atom is -0.497 e. The zero-order valence-electron chi connectivity index (χ0n) is 12.1. The summed E-state index contributed by atoms with van der Waals surface area (Å²) in [6.07, 6.45) is 0.819. The van der Waals surface area contributed by atoms with Crippen LogP contribution in [0.1, 0.15) is 11.1 Å². The van der Waals surface area contributed by atoms with Gasteiger partial charge in [-0.25, -0.2) is 0 Å². The van der Waals surface area contributed by atoms with Crippen LogP contribution >= 0.6 is 0 Å². The molecule has 1 N–H and O–H groups in total. The lowest BCUT2D eigenvalue weighted by Crippen LogP contribution is -2.07. The highest BCUT2D eigenvalue weighted by atomic mass is 16.6. The summed E-state index contributed by atoms with van der Waals surface area (Å²) in [7, 11) is 1.64. The first-order valence-electron chi connectivity index (χ1n) is 6.72. The molecule has 0 amide bonds. The van der Waals surface area contributed by atoms with Gasteiger partial charge in [0.25, 0.3) is 5.69 Å². The van der Waals surface area contributed by atoms with Gasteiger partial charge in [0.05, 0.1) is 12.0 Å². The van der Waals surface area contributed by atoms with E-state index in [1.165, 1.54) is 6.07 Å². The average molecular weight is 286 g/mol. The quantitative estimate of drug-likeness (QED) is 0.651. The SMILES string of the molecule is COc1cccc(CCNc2cccc([N+](=O)[O-])c2C)c1. The summed E-state index contributed by atoms with van der Waals surface area (Å²) >= 11 is 0. The van der Waals surface area contributed by atoms with Gasteiger partial charge in [-0.05, 0) is 37.1 Å². The maximum Gasteiger partial charge on any atom is 0.274 e. The van der Waals surface area contributed by atoms with E-state index in [1.54, 1.807) is 20.1 Å². The second-order valence-electron chi connectivity index (χ2n) is 4.74. The smallest absolute Gasteiger partial charge is 0.274 e. The predicted molar refractivity (Wildman–Crippen MR) is 83.0 cm³/mol. The van der Waals surface area contributed by atoms with Crippen molar-refractivity contribution in [3.8, 4) is 5.75 Å². The summed E-state index contributed by atoms with van der Waals surface area (Å²) < 4.78 is 5.19. The lowest BCUT2D eigenvalue weighted by Gasteiger charge is -2.10. The van der Waals surface area contributed by atoms with Crippen LogP contribution in [0.5, 0.6) is 5.75 Å². The number of benzene rings is 2. The van der Waals surface area contributed by atoms with Crippen LogP contribution in [0.15, 0.2) is 42.5 Å². The standard InChI is InChI=1S/C16H18N2O3/c1-12-15(7-4-8-16(12)18(19)20)17-10-9-13-5-3-6-14(11-13)21-2/h3-8,11,17H,9-10H2,1-2H3. The van der Waals surface area contributed by atoms with Crippen LogP contribution < -0.4 is 10.1 Å². The third-order valence-corrected chi connectivity index (χ3v) is 3.37. The molecule has 0 heterocycles. The molecular weight excluding hydrogens is 268 g/mol. The Morgan fingerprint density at radius 3 is 2.71 bits per heavy atom. The van der Waals surface area contributed by atoms with E-state index in [1.807, 2.05) is 30.3 Å². The van der Waals surface area contributed by atoms with Gasteiger partial charge in [-0.15, -0.1) is 0 Å². The maximum absolute atomic E-state index is 10.9. The molecule has 110 valence electrons. The Morgan fingerprint density at radius 1 is 1.24 bits per heavy atom. The number of anilines is 1. The third-order valence-electron chi connectivity index (χ3n) is 3.37. The predicted octanol–water partition coefficient (Wildman–Crippen LogP) is 3.57. The molecule has 5 heteroatoms. The van der Waals surface area contributed by atoms with Crippen molar-refractivity contribution in [2.45, 2.75) is 13.3 Å². The van der Waals surface area contributed by atoms with E-state index < -0.39 is 0 Å². The molecule has 0 spiro atoms. The molecule has 0 aliphatic carbocycles. The number of ether oxygens (including phenoxy) is 1. The van der Waals surface area contributed by atoms with E-state index >= 15 is 0 Å². The van der Waals surface area contributed by atoms with Crippen molar-refractivity contribution >= 4 is 11.4 Å². The van der Waals surface area contributed by atoms with Gasteiger partial charge in [-0.3, -0.25) is 10.1 Å². The van der Waals surface area contributed by atoms with Crippen LogP contribution in [0.4, 0.5) is 11.4 Å². The van der Waals surface area contributed by atoms with Gasteiger partial charge in [0.1, 0.15) is 5.75 Å². The van der Waals surface area contributed by atoms with Crippen molar-refractivity contribution in [2.75, 3.05) is 19.0 Å². The van der Waals surface area contributed by atoms with E-state index in [0.29, 0.717) is 12.1 Å². The van der Waals surface area contributed by atoms with Gasteiger partial charge in [-0.1, -0.05) is 18.2 Å². The van der Waals surface area contributed by atoms with Crippen LogP contribution in [0, 0.1) is 17.0 Å². The van der Waals surface area contributed by atoms with Gasteiger partial charge >= 0.3 is 0 Å². The molecule has 0 unspecified atom stereocenters. The van der Waals surface area contributed by atoms with Crippen LogP contribution in [0.3, 0.4) is 0 Å². The Morgan fingerprint density at radius 2 is 2.00 bits per heavy atom. The van der Waals surface area contributed by atoms with Gasteiger partial charge < -0.3 is 10.1 Å². The number of methoxy groups -OCH3 is 1. The monoisotopic (exact) mass is 286 g/mol. The molecule has 2 aromatic carbocycles. The lowest BCUT2D eigenvalue weighted by atomic mass is 10.1. The maximum atomic E-state index is 10.9. The summed E-state index contributed by atoms with van der Waals surface area (Å²) in [5.41, 5.74) is 2.76. The highest BCUT2D eigenvalue weighted by molar-refractivity contribution is 5.59. The number of nitro groups is 1. The number of rotatable bonds is 6. The Bertz CT molecular complexity index is 641. The first kappa shape index (κ1) is 14.8. The van der Waals surface area contributed by atoms with Crippen molar-refractivity contribution < 1.29 is 9.66 Å². The highest BCUT2D eigenvalue weighted by Crippen LogP contribution is 2.25. The summed E-state index contributed by atoms with van der Waals surface area (Å²) in [5.74, 6) is 0.832. The van der Waals surface area contributed by atoms with Crippen molar-refractivity contribution in [1.29, 1.82) is 0 Å².